The Morgan fingerprint density at radius 2 is 0.912 bits per heavy atom. The summed E-state index contributed by atoms with van der Waals surface area (Å²) in [5.74, 6) is 1.49. The molecule has 11 rings (SSSR count). The van der Waals surface area contributed by atoms with Gasteiger partial charge in [-0.3, -0.25) is 0 Å². The lowest BCUT2D eigenvalue weighted by Crippen LogP contribution is -2.46. The van der Waals surface area contributed by atoms with Crippen LogP contribution in [0.4, 0.5) is 0 Å². The average Bonchev–Trinajstić information content (AvgIpc) is 3.79. The first kappa shape index (κ1) is 32.9. The molecule has 0 fully saturated rings. The zero-order chi connectivity index (χ0) is 37.9. The van der Waals surface area contributed by atoms with Crippen molar-refractivity contribution in [1.29, 1.82) is 0 Å². The van der Waals surface area contributed by atoms with Crippen LogP contribution in [0.5, 0.6) is 0 Å². The Balaban J connectivity index is 1.02. The van der Waals surface area contributed by atoms with Crippen LogP contribution >= 0.6 is 0 Å². The van der Waals surface area contributed by atoms with E-state index in [-0.39, 0.29) is 0 Å². The molecule has 0 saturated carbocycles. The number of rotatable bonds is 6. The molecule has 10 aromatic rings. The Morgan fingerprint density at radius 3 is 1.63 bits per heavy atom. The second kappa shape index (κ2) is 13.1. The molecule has 0 bridgehead atoms. The minimum atomic E-state index is -0.690. The molecule has 0 aliphatic carbocycles. The molecule has 3 heterocycles. The quantitative estimate of drug-likeness (QED) is 0.182. The maximum Gasteiger partial charge on any atom is 0.159 e. The molecule has 270 valence electrons. The van der Waals surface area contributed by atoms with Crippen molar-refractivity contribution in [2.24, 2.45) is 9.98 Å². The van der Waals surface area contributed by atoms with Gasteiger partial charge in [-0.1, -0.05) is 133 Å². The summed E-state index contributed by atoms with van der Waals surface area (Å²) in [6, 6.07) is 71.1. The number of benzene rings is 8. The molecule has 57 heavy (non-hydrogen) atoms. The molecule has 5 nitrogen and oxygen atoms in total. The highest BCUT2D eigenvalue weighted by Crippen LogP contribution is 2.38. The van der Waals surface area contributed by atoms with E-state index < -0.39 is 5.66 Å². The fourth-order valence-electron chi connectivity index (χ4n) is 8.59. The second-order valence-electron chi connectivity index (χ2n) is 14.9. The summed E-state index contributed by atoms with van der Waals surface area (Å²) in [6.45, 7) is 2.11. The van der Waals surface area contributed by atoms with Crippen LogP contribution in [0.3, 0.4) is 0 Å². The predicted octanol–water partition coefficient (Wildman–Crippen LogP) is 12.2. The van der Waals surface area contributed by atoms with E-state index in [0.717, 1.165) is 39.4 Å². The fourth-order valence-corrected chi connectivity index (χ4v) is 8.59. The van der Waals surface area contributed by atoms with E-state index in [0.29, 0.717) is 5.84 Å². The number of hydrogen-bond donors (Lipinski definition) is 1. The molecule has 1 N–H and O–H groups in total. The summed E-state index contributed by atoms with van der Waals surface area (Å²) in [5.41, 5.74) is 11.7. The smallest absolute Gasteiger partial charge is 0.159 e. The number of amidine groups is 2. The van der Waals surface area contributed by atoms with Crippen molar-refractivity contribution in [3.8, 4) is 22.5 Å². The maximum absolute atomic E-state index is 5.15. The van der Waals surface area contributed by atoms with Gasteiger partial charge in [-0.25, -0.2) is 9.98 Å². The van der Waals surface area contributed by atoms with Crippen LogP contribution in [0.15, 0.2) is 210 Å². The van der Waals surface area contributed by atoms with Gasteiger partial charge in [0.1, 0.15) is 5.84 Å². The third-order valence-corrected chi connectivity index (χ3v) is 11.4. The van der Waals surface area contributed by atoms with Gasteiger partial charge >= 0.3 is 0 Å². The molecule has 1 unspecified atom stereocenters. The second-order valence-corrected chi connectivity index (χ2v) is 14.9. The largest absolute Gasteiger partial charge is 0.342 e. The van der Waals surface area contributed by atoms with Crippen molar-refractivity contribution in [2.45, 2.75) is 12.6 Å². The molecule has 1 aliphatic rings. The van der Waals surface area contributed by atoms with E-state index in [2.05, 4.69) is 197 Å². The number of fused-ring (bicyclic) bond motifs is 6. The first-order chi connectivity index (χ1) is 28.1. The Labute approximate surface area is 330 Å². The van der Waals surface area contributed by atoms with Crippen molar-refractivity contribution in [2.75, 3.05) is 0 Å². The highest BCUT2D eigenvalue weighted by atomic mass is 15.2. The number of para-hydroxylation sites is 3. The standard InChI is InChI=1S/C52H37N5/c1-52(39-17-7-3-8-18-39)54-50(35-15-5-2-6-16-35)53-51(55-52)36-25-29-41(30-26-36)57-46-23-13-11-21-42(46)44-31-27-38(34-49(44)57)37-28-32-48-45(33-37)43-22-12-14-24-47(43)56(48)40-19-9-4-10-20-40/h2-34H,1H3,(H,53,54,55). The van der Waals surface area contributed by atoms with Gasteiger partial charge in [-0.05, 0) is 90.3 Å². The summed E-state index contributed by atoms with van der Waals surface area (Å²) < 4.78 is 4.75. The highest BCUT2D eigenvalue weighted by molar-refractivity contribution is 6.14. The van der Waals surface area contributed by atoms with Crippen LogP contribution in [0.1, 0.15) is 23.6 Å². The van der Waals surface area contributed by atoms with Gasteiger partial charge in [0, 0.05) is 44.0 Å². The summed E-state index contributed by atoms with van der Waals surface area (Å²) in [6.07, 6.45) is 0. The van der Waals surface area contributed by atoms with Crippen molar-refractivity contribution >= 4 is 55.3 Å². The molecular formula is C52H37N5. The van der Waals surface area contributed by atoms with Crippen LogP contribution in [0.25, 0.3) is 66.1 Å². The summed E-state index contributed by atoms with van der Waals surface area (Å²) in [7, 11) is 0. The van der Waals surface area contributed by atoms with Gasteiger partial charge in [0.05, 0.1) is 22.1 Å². The third kappa shape index (κ3) is 5.47. The molecule has 1 aliphatic heterocycles. The molecule has 0 amide bonds. The van der Waals surface area contributed by atoms with Crippen LogP contribution in [-0.4, -0.2) is 20.8 Å². The van der Waals surface area contributed by atoms with Crippen molar-refractivity contribution in [3.05, 3.63) is 217 Å². The molecule has 1 atom stereocenters. The number of aromatic nitrogens is 2. The SMILES string of the molecule is CC1(c2ccccc2)N=C(c2ccccc2)N=C(c2ccc(-n3c4ccccc4c4ccc(-c5ccc6c(c5)c5ccccc5n6-c5ccccc5)cc43)cc2)N1. The lowest BCUT2D eigenvalue weighted by atomic mass is 9.99. The van der Waals surface area contributed by atoms with E-state index in [1.54, 1.807) is 0 Å². The average molecular weight is 732 g/mol. The Hall–Kier alpha value is -7.50. The van der Waals surface area contributed by atoms with Crippen LogP contribution in [-0.2, 0) is 5.66 Å². The fraction of sp³-hybridized carbons (Fsp3) is 0.0385. The minimum absolute atomic E-state index is 0.690. The zero-order valence-electron chi connectivity index (χ0n) is 31.3. The monoisotopic (exact) mass is 731 g/mol. The van der Waals surface area contributed by atoms with Crippen LogP contribution in [0, 0.1) is 0 Å². The number of nitrogens with one attached hydrogen (secondary N) is 1. The lowest BCUT2D eigenvalue weighted by Gasteiger charge is -2.33. The first-order valence-electron chi connectivity index (χ1n) is 19.4. The summed E-state index contributed by atoms with van der Waals surface area (Å²) in [5, 5.41) is 8.63. The maximum atomic E-state index is 5.15. The van der Waals surface area contributed by atoms with Gasteiger partial charge in [-0.2, -0.15) is 0 Å². The van der Waals surface area contributed by atoms with E-state index in [1.807, 2.05) is 24.3 Å². The molecule has 0 radical (unpaired) electrons. The number of hydrogen-bond acceptors (Lipinski definition) is 3. The summed E-state index contributed by atoms with van der Waals surface area (Å²) >= 11 is 0. The van der Waals surface area contributed by atoms with Gasteiger partial charge in [0.25, 0.3) is 0 Å². The van der Waals surface area contributed by atoms with Gasteiger partial charge in [-0.15, -0.1) is 0 Å². The van der Waals surface area contributed by atoms with Gasteiger partial charge in [0.15, 0.2) is 11.5 Å². The molecule has 5 heteroatoms. The number of aliphatic imine (C=N–C) groups is 2. The van der Waals surface area contributed by atoms with Gasteiger partial charge in [0.2, 0.25) is 0 Å². The molecule has 0 spiro atoms. The van der Waals surface area contributed by atoms with Crippen molar-refractivity contribution in [3.63, 3.8) is 0 Å². The predicted molar refractivity (Wildman–Crippen MR) is 237 cm³/mol. The topological polar surface area (TPSA) is 46.6 Å². The Bertz CT molecular complexity index is 3190. The molecular weight excluding hydrogens is 695 g/mol. The van der Waals surface area contributed by atoms with E-state index in [1.165, 1.54) is 49.2 Å². The van der Waals surface area contributed by atoms with E-state index in [9.17, 15) is 0 Å². The van der Waals surface area contributed by atoms with Crippen molar-refractivity contribution in [1.82, 2.24) is 14.5 Å². The Morgan fingerprint density at radius 1 is 0.404 bits per heavy atom. The van der Waals surface area contributed by atoms with Crippen LogP contribution in [0.2, 0.25) is 0 Å². The Kier molecular flexibility index (Phi) is 7.54. The molecule has 8 aromatic carbocycles. The highest BCUT2D eigenvalue weighted by Gasteiger charge is 2.32. The van der Waals surface area contributed by atoms with Crippen molar-refractivity contribution < 1.29 is 0 Å². The molecule has 2 aromatic heterocycles. The third-order valence-electron chi connectivity index (χ3n) is 11.4. The number of nitrogens with zero attached hydrogens (tertiary/aromatic N) is 4. The van der Waals surface area contributed by atoms with E-state index in [4.69, 9.17) is 9.98 Å². The van der Waals surface area contributed by atoms with E-state index >= 15 is 0 Å². The normalized spacial score (nSPS) is 15.5. The first-order valence-corrected chi connectivity index (χ1v) is 19.4. The summed E-state index contributed by atoms with van der Waals surface area (Å²) in [4.78, 5) is 10.2. The lowest BCUT2D eigenvalue weighted by molar-refractivity contribution is 0.455. The van der Waals surface area contributed by atoms with Gasteiger partial charge < -0.3 is 14.5 Å². The minimum Gasteiger partial charge on any atom is -0.342 e. The molecule has 0 saturated heterocycles. The zero-order valence-corrected chi connectivity index (χ0v) is 31.3. The van der Waals surface area contributed by atoms with Crippen LogP contribution < -0.4 is 5.32 Å².